The quantitative estimate of drug-likeness (QED) is 0.872. The lowest BCUT2D eigenvalue weighted by molar-refractivity contribution is 0.309. The van der Waals surface area contributed by atoms with Crippen molar-refractivity contribution in [2.45, 2.75) is 38.1 Å². The van der Waals surface area contributed by atoms with Crippen LogP contribution in [0.25, 0.3) is 10.9 Å². The summed E-state index contributed by atoms with van der Waals surface area (Å²) in [7, 11) is 1.96. The van der Waals surface area contributed by atoms with Crippen LogP contribution >= 0.6 is 0 Å². The van der Waals surface area contributed by atoms with Gasteiger partial charge in [0.15, 0.2) is 0 Å². The molecule has 1 heterocycles. The van der Waals surface area contributed by atoms with Gasteiger partial charge < -0.3 is 10.3 Å². The second-order valence-electron chi connectivity index (χ2n) is 5.78. The summed E-state index contributed by atoms with van der Waals surface area (Å²) in [4.78, 5) is 0. The van der Waals surface area contributed by atoms with E-state index in [1.54, 1.807) is 6.07 Å². The molecule has 0 radical (unpaired) electrons. The topological polar surface area (TPSA) is 30.9 Å². The Morgan fingerprint density at radius 2 is 2.00 bits per heavy atom. The van der Waals surface area contributed by atoms with Crippen LogP contribution in [0, 0.1) is 11.7 Å². The summed E-state index contributed by atoms with van der Waals surface area (Å²) in [5.74, 6) is 0.385. The van der Waals surface area contributed by atoms with Crippen molar-refractivity contribution in [3.8, 4) is 0 Å². The number of rotatable bonds is 2. The van der Waals surface area contributed by atoms with Crippen LogP contribution in [-0.2, 0) is 7.05 Å². The summed E-state index contributed by atoms with van der Waals surface area (Å²) >= 11 is 0. The molecule has 2 aromatic rings. The first-order valence-electron chi connectivity index (χ1n) is 7.17. The maximum Gasteiger partial charge on any atom is 0.125 e. The molecule has 0 aliphatic heterocycles. The molecule has 102 valence electrons. The van der Waals surface area contributed by atoms with Gasteiger partial charge in [-0.3, -0.25) is 0 Å². The molecule has 1 aliphatic rings. The van der Waals surface area contributed by atoms with E-state index < -0.39 is 0 Å². The third kappa shape index (κ3) is 2.27. The Bertz CT molecular complexity index is 582. The van der Waals surface area contributed by atoms with E-state index in [0.717, 1.165) is 10.9 Å². The number of halogens is 1. The Kier molecular flexibility index (Phi) is 3.31. The molecule has 1 aromatic carbocycles. The fourth-order valence-electron chi connectivity index (χ4n) is 3.40. The fourth-order valence-corrected chi connectivity index (χ4v) is 3.40. The minimum absolute atomic E-state index is 0.0782. The van der Waals surface area contributed by atoms with Crippen LogP contribution in [0.2, 0.25) is 0 Å². The highest BCUT2D eigenvalue weighted by Gasteiger charge is 2.24. The molecule has 0 bridgehead atoms. The van der Waals surface area contributed by atoms with Crippen LogP contribution in [0.15, 0.2) is 24.4 Å². The number of aryl methyl sites for hydroxylation is 1. The Hall–Kier alpha value is -1.35. The zero-order chi connectivity index (χ0) is 13.4. The van der Waals surface area contributed by atoms with Crippen LogP contribution in [0.3, 0.4) is 0 Å². The predicted octanol–water partition coefficient (Wildman–Crippen LogP) is 3.90. The lowest BCUT2D eigenvalue weighted by atomic mass is 9.81. The summed E-state index contributed by atoms with van der Waals surface area (Å²) in [6.45, 7) is 0. The number of hydrogen-bond acceptors (Lipinski definition) is 1. The summed E-state index contributed by atoms with van der Waals surface area (Å²) in [6, 6.07) is 5.06. The number of fused-ring (bicyclic) bond motifs is 1. The Morgan fingerprint density at radius 1 is 1.26 bits per heavy atom. The highest BCUT2D eigenvalue weighted by Crippen LogP contribution is 2.36. The van der Waals surface area contributed by atoms with E-state index in [4.69, 9.17) is 5.73 Å². The summed E-state index contributed by atoms with van der Waals surface area (Å²) in [5.41, 5.74) is 8.58. The van der Waals surface area contributed by atoms with Gasteiger partial charge in [-0.2, -0.15) is 0 Å². The van der Waals surface area contributed by atoms with Gasteiger partial charge in [-0.15, -0.1) is 0 Å². The van der Waals surface area contributed by atoms with Crippen molar-refractivity contribution in [2.75, 3.05) is 0 Å². The molecule has 0 spiro atoms. The number of hydrogen-bond donors (Lipinski definition) is 1. The average Bonchev–Trinajstić information content (AvgIpc) is 2.76. The van der Waals surface area contributed by atoms with Crippen molar-refractivity contribution < 1.29 is 4.39 Å². The van der Waals surface area contributed by atoms with Gasteiger partial charge >= 0.3 is 0 Å². The van der Waals surface area contributed by atoms with Gasteiger partial charge in [0.25, 0.3) is 0 Å². The third-order valence-corrected chi connectivity index (χ3v) is 4.50. The van der Waals surface area contributed by atoms with Gasteiger partial charge in [-0.25, -0.2) is 4.39 Å². The number of nitrogens with zero attached hydrogens (tertiary/aromatic N) is 1. The monoisotopic (exact) mass is 260 g/mol. The molecule has 1 fully saturated rings. The van der Waals surface area contributed by atoms with Crippen LogP contribution in [0.1, 0.15) is 43.7 Å². The highest BCUT2D eigenvalue weighted by molar-refractivity contribution is 5.84. The number of aromatic nitrogens is 1. The lowest BCUT2D eigenvalue weighted by Crippen LogP contribution is -2.23. The molecule has 1 aromatic heterocycles. The van der Waals surface area contributed by atoms with Gasteiger partial charge in [-0.05, 0) is 42.5 Å². The van der Waals surface area contributed by atoms with Crippen LogP contribution in [0.5, 0.6) is 0 Å². The first-order valence-corrected chi connectivity index (χ1v) is 7.17. The van der Waals surface area contributed by atoms with Crippen molar-refractivity contribution in [3.05, 3.63) is 35.8 Å². The third-order valence-electron chi connectivity index (χ3n) is 4.50. The smallest absolute Gasteiger partial charge is 0.125 e. The van der Waals surface area contributed by atoms with Crippen molar-refractivity contribution in [1.29, 1.82) is 0 Å². The van der Waals surface area contributed by atoms with Gasteiger partial charge in [-0.1, -0.05) is 19.3 Å². The van der Waals surface area contributed by atoms with Crippen molar-refractivity contribution in [3.63, 3.8) is 0 Å². The van der Waals surface area contributed by atoms with Crippen molar-refractivity contribution in [2.24, 2.45) is 18.7 Å². The lowest BCUT2D eigenvalue weighted by Gasteiger charge is -2.27. The van der Waals surface area contributed by atoms with E-state index in [2.05, 4.69) is 6.20 Å². The first kappa shape index (κ1) is 12.7. The predicted molar refractivity (Wildman–Crippen MR) is 76.4 cm³/mol. The minimum Gasteiger partial charge on any atom is -0.350 e. The Labute approximate surface area is 113 Å². The molecule has 19 heavy (non-hydrogen) atoms. The standard InChI is InChI=1S/C16H21FN2/c1-19-10-14(13-8-7-12(17)9-15(13)19)16(18)11-5-3-2-4-6-11/h7-11,16H,2-6,18H2,1H3. The molecule has 3 heteroatoms. The molecule has 3 rings (SSSR count). The summed E-state index contributed by atoms with van der Waals surface area (Å²) in [6.07, 6.45) is 8.43. The maximum atomic E-state index is 13.3. The van der Waals surface area contributed by atoms with E-state index in [1.807, 2.05) is 17.7 Å². The minimum atomic E-state index is -0.188. The van der Waals surface area contributed by atoms with Gasteiger partial charge in [0.2, 0.25) is 0 Å². The molecule has 1 atom stereocenters. The zero-order valence-corrected chi connectivity index (χ0v) is 11.4. The molecule has 0 saturated heterocycles. The van der Waals surface area contributed by atoms with E-state index >= 15 is 0 Å². The molecule has 0 amide bonds. The van der Waals surface area contributed by atoms with Gasteiger partial charge in [0, 0.05) is 24.7 Å². The van der Waals surface area contributed by atoms with Gasteiger partial charge in [0.05, 0.1) is 5.52 Å². The summed E-state index contributed by atoms with van der Waals surface area (Å²) in [5, 5.41) is 1.10. The van der Waals surface area contributed by atoms with Crippen molar-refractivity contribution in [1.82, 2.24) is 4.57 Å². The highest BCUT2D eigenvalue weighted by atomic mass is 19.1. The average molecular weight is 260 g/mol. The van der Waals surface area contributed by atoms with E-state index in [1.165, 1.54) is 43.7 Å². The molecule has 1 unspecified atom stereocenters. The largest absolute Gasteiger partial charge is 0.350 e. The Morgan fingerprint density at radius 3 is 2.74 bits per heavy atom. The normalized spacial score (nSPS) is 18.9. The SMILES string of the molecule is Cn1cc(C(N)C2CCCCC2)c2ccc(F)cc21. The van der Waals surface area contributed by atoms with E-state index in [9.17, 15) is 4.39 Å². The molecule has 1 aliphatic carbocycles. The Balaban J connectivity index is 2.00. The van der Waals surface area contributed by atoms with Crippen LogP contribution in [0.4, 0.5) is 4.39 Å². The molecule has 2 N–H and O–H groups in total. The van der Waals surface area contributed by atoms with E-state index in [0.29, 0.717) is 5.92 Å². The van der Waals surface area contributed by atoms with E-state index in [-0.39, 0.29) is 11.9 Å². The van der Waals surface area contributed by atoms with Crippen LogP contribution in [-0.4, -0.2) is 4.57 Å². The molecular weight excluding hydrogens is 239 g/mol. The molecule has 1 saturated carbocycles. The second-order valence-corrected chi connectivity index (χ2v) is 5.78. The fraction of sp³-hybridized carbons (Fsp3) is 0.500. The number of nitrogens with two attached hydrogens (primary N) is 1. The first-order chi connectivity index (χ1) is 9.16. The van der Waals surface area contributed by atoms with Crippen LogP contribution < -0.4 is 5.73 Å². The number of benzene rings is 1. The maximum absolute atomic E-state index is 13.3. The summed E-state index contributed by atoms with van der Waals surface area (Å²) < 4.78 is 15.3. The second kappa shape index (κ2) is 4.97. The zero-order valence-electron chi connectivity index (χ0n) is 11.4. The molecule has 2 nitrogen and oxygen atoms in total. The molecular formula is C16H21FN2. The van der Waals surface area contributed by atoms with Crippen molar-refractivity contribution >= 4 is 10.9 Å². The van der Waals surface area contributed by atoms with Gasteiger partial charge in [0.1, 0.15) is 5.82 Å².